The van der Waals surface area contributed by atoms with Crippen LogP contribution in [0.1, 0.15) is 15.9 Å². The molecule has 1 aliphatic rings. The Bertz CT molecular complexity index is 986. The molecular weight excluding hydrogens is 432 g/mol. The van der Waals surface area contributed by atoms with Crippen molar-refractivity contribution >= 4 is 18.0 Å². The highest BCUT2D eigenvalue weighted by molar-refractivity contribution is 5.97. The van der Waals surface area contributed by atoms with Gasteiger partial charge in [-0.05, 0) is 35.9 Å². The third-order valence-electron chi connectivity index (χ3n) is 5.09. The van der Waals surface area contributed by atoms with Crippen LogP contribution in [0.2, 0.25) is 0 Å². The Hall–Kier alpha value is -3.79. The van der Waals surface area contributed by atoms with Gasteiger partial charge in [0.25, 0.3) is 5.91 Å². The lowest BCUT2D eigenvalue weighted by molar-refractivity contribution is -0.139. The highest BCUT2D eigenvalue weighted by Crippen LogP contribution is 2.27. The molecule has 0 saturated carbocycles. The predicted octanol–water partition coefficient (Wildman–Crippen LogP) is 1.96. The molecule has 2 amide bonds. The van der Waals surface area contributed by atoms with Crippen molar-refractivity contribution in [3.05, 3.63) is 53.6 Å². The maximum atomic E-state index is 12.6. The molecule has 0 spiro atoms. The summed E-state index contributed by atoms with van der Waals surface area (Å²) in [6.45, 7) is 1.88. The largest absolute Gasteiger partial charge is 0.493 e. The molecule has 0 aliphatic carbocycles. The summed E-state index contributed by atoms with van der Waals surface area (Å²) in [6, 6.07) is 9.89. The number of carbonyl (C=O) groups is 3. The number of carbonyl (C=O) groups excluding carboxylic acids is 2. The van der Waals surface area contributed by atoms with Crippen molar-refractivity contribution in [2.45, 2.75) is 12.5 Å². The minimum absolute atomic E-state index is 0.0477. The van der Waals surface area contributed by atoms with Gasteiger partial charge in [0.2, 0.25) is 0 Å². The first-order chi connectivity index (χ1) is 15.9. The fourth-order valence-electron chi connectivity index (χ4n) is 3.26. The zero-order valence-electron chi connectivity index (χ0n) is 18.4. The number of hydrogen-bond donors (Lipinski definition) is 2. The average Bonchev–Trinajstić information content (AvgIpc) is 2.84. The number of amides is 2. The van der Waals surface area contributed by atoms with E-state index in [1.165, 1.54) is 26.4 Å². The summed E-state index contributed by atoms with van der Waals surface area (Å²) in [5.41, 5.74) is 0.894. The first-order valence-corrected chi connectivity index (χ1v) is 10.3. The molecule has 1 heterocycles. The predicted molar refractivity (Wildman–Crippen MR) is 117 cm³/mol. The summed E-state index contributed by atoms with van der Waals surface area (Å²) >= 11 is 0. The Labute approximate surface area is 191 Å². The maximum Gasteiger partial charge on any atom is 0.415 e. The first kappa shape index (κ1) is 23.9. The molecule has 2 aromatic rings. The number of morpholine rings is 1. The SMILES string of the molecule is COc1ccc(C(=O)N[C@@H](Cc2ccc(OC(=O)N3CCOCC3)cc2)C(=O)O)cc1OC. The fourth-order valence-corrected chi connectivity index (χ4v) is 3.26. The number of ether oxygens (including phenoxy) is 4. The Balaban J connectivity index is 1.62. The topological polar surface area (TPSA) is 124 Å². The minimum atomic E-state index is -1.17. The Morgan fingerprint density at radius 2 is 1.70 bits per heavy atom. The number of nitrogens with one attached hydrogen (secondary N) is 1. The van der Waals surface area contributed by atoms with Crippen LogP contribution < -0.4 is 19.5 Å². The second-order valence-corrected chi connectivity index (χ2v) is 7.25. The summed E-state index contributed by atoms with van der Waals surface area (Å²) in [5, 5.41) is 12.1. The number of carboxylic acid groups (broad SMARTS) is 1. The molecule has 2 N–H and O–H groups in total. The summed E-state index contributed by atoms with van der Waals surface area (Å²) in [7, 11) is 2.92. The molecule has 10 heteroatoms. The normalized spacial score (nSPS) is 14.2. The number of hydrogen-bond acceptors (Lipinski definition) is 7. The van der Waals surface area contributed by atoms with Gasteiger partial charge < -0.3 is 34.3 Å². The summed E-state index contributed by atoms with van der Waals surface area (Å²) in [5.74, 6) is -0.569. The van der Waals surface area contributed by atoms with Crippen molar-refractivity contribution < 1.29 is 38.4 Å². The summed E-state index contributed by atoms with van der Waals surface area (Å²) in [6.07, 6.45) is -0.414. The molecule has 2 aromatic carbocycles. The Morgan fingerprint density at radius 3 is 2.30 bits per heavy atom. The van der Waals surface area contributed by atoms with Crippen molar-refractivity contribution in [1.82, 2.24) is 10.2 Å². The van der Waals surface area contributed by atoms with Gasteiger partial charge in [-0.25, -0.2) is 9.59 Å². The van der Waals surface area contributed by atoms with Crippen LogP contribution in [-0.4, -0.2) is 74.5 Å². The zero-order chi connectivity index (χ0) is 23.8. The number of rotatable bonds is 8. The lowest BCUT2D eigenvalue weighted by Gasteiger charge is -2.25. The van der Waals surface area contributed by atoms with Gasteiger partial charge in [0, 0.05) is 25.1 Å². The Morgan fingerprint density at radius 1 is 1.03 bits per heavy atom. The van der Waals surface area contributed by atoms with E-state index in [-0.39, 0.29) is 12.0 Å². The average molecular weight is 458 g/mol. The van der Waals surface area contributed by atoms with Crippen LogP contribution in [-0.2, 0) is 16.0 Å². The second kappa shape index (κ2) is 11.2. The van der Waals surface area contributed by atoms with Crippen LogP contribution in [0.15, 0.2) is 42.5 Å². The molecule has 1 atom stereocenters. The lowest BCUT2D eigenvalue weighted by atomic mass is 10.0. The van der Waals surface area contributed by atoms with E-state index in [0.717, 1.165) is 0 Å². The van der Waals surface area contributed by atoms with Gasteiger partial charge in [0.1, 0.15) is 11.8 Å². The standard InChI is InChI=1S/C23H26N2O8/c1-30-19-8-5-16(14-20(19)31-2)21(26)24-18(22(27)28)13-15-3-6-17(7-4-15)33-23(29)25-9-11-32-12-10-25/h3-8,14,18H,9-13H2,1-2H3,(H,24,26)(H,27,28)/t18-/m0/s1. The number of aliphatic carboxylic acids is 1. The van der Waals surface area contributed by atoms with Gasteiger partial charge in [-0.15, -0.1) is 0 Å². The number of nitrogens with zero attached hydrogens (tertiary/aromatic N) is 1. The zero-order valence-corrected chi connectivity index (χ0v) is 18.4. The van der Waals surface area contributed by atoms with Crippen LogP contribution in [0.4, 0.5) is 4.79 Å². The molecule has 0 unspecified atom stereocenters. The van der Waals surface area contributed by atoms with Gasteiger partial charge >= 0.3 is 12.1 Å². The molecule has 1 aliphatic heterocycles. The van der Waals surface area contributed by atoms with E-state index in [1.807, 2.05) is 0 Å². The van der Waals surface area contributed by atoms with Gasteiger partial charge in [0.05, 0.1) is 27.4 Å². The molecule has 1 fully saturated rings. The van der Waals surface area contributed by atoms with E-state index in [0.29, 0.717) is 49.1 Å². The van der Waals surface area contributed by atoms with Gasteiger partial charge in [-0.3, -0.25) is 4.79 Å². The van der Waals surface area contributed by atoms with Crippen molar-refractivity contribution in [1.29, 1.82) is 0 Å². The van der Waals surface area contributed by atoms with Gasteiger partial charge in [0.15, 0.2) is 11.5 Å². The van der Waals surface area contributed by atoms with Crippen LogP contribution in [0.3, 0.4) is 0 Å². The monoisotopic (exact) mass is 458 g/mol. The molecule has 33 heavy (non-hydrogen) atoms. The van der Waals surface area contributed by atoms with Gasteiger partial charge in [-0.2, -0.15) is 0 Å². The fraction of sp³-hybridized carbons (Fsp3) is 0.348. The summed E-state index contributed by atoms with van der Waals surface area (Å²) in [4.78, 5) is 38.1. The molecule has 0 bridgehead atoms. The summed E-state index contributed by atoms with van der Waals surface area (Å²) < 4.78 is 20.9. The van der Waals surface area contributed by atoms with Crippen molar-refractivity contribution in [3.8, 4) is 17.2 Å². The first-order valence-electron chi connectivity index (χ1n) is 10.3. The van der Waals surface area contributed by atoms with Crippen LogP contribution in [0.5, 0.6) is 17.2 Å². The smallest absolute Gasteiger partial charge is 0.415 e. The lowest BCUT2D eigenvalue weighted by Crippen LogP contribution is -2.42. The quantitative estimate of drug-likeness (QED) is 0.615. The third kappa shape index (κ3) is 6.36. The third-order valence-corrected chi connectivity index (χ3v) is 5.09. The van der Waals surface area contributed by atoms with Crippen LogP contribution in [0, 0.1) is 0 Å². The molecule has 176 valence electrons. The molecule has 1 saturated heterocycles. The van der Waals surface area contributed by atoms with Crippen molar-refractivity contribution in [2.24, 2.45) is 0 Å². The second-order valence-electron chi connectivity index (χ2n) is 7.25. The van der Waals surface area contributed by atoms with Crippen molar-refractivity contribution in [3.63, 3.8) is 0 Å². The molecule has 10 nitrogen and oxygen atoms in total. The molecule has 0 aromatic heterocycles. The number of methoxy groups -OCH3 is 2. The Kier molecular flexibility index (Phi) is 8.09. The van der Waals surface area contributed by atoms with Gasteiger partial charge in [-0.1, -0.05) is 12.1 Å². The molecule has 3 rings (SSSR count). The van der Waals surface area contributed by atoms with E-state index in [2.05, 4.69) is 5.32 Å². The van der Waals surface area contributed by atoms with E-state index in [9.17, 15) is 19.5 Å². The molecule has 0 radical (unpaired) electrons. The van der Waals surface area contributed by atoms with E-state index in [1.54, 1.807) is 35.2 Å². The minimum Gasteiger partial charge on any atom is -0.493 e. The molecular formula is C23H26N2O8. The number of carboxylic acids is 1. The van der Waals surface area contributed by atoms with E-state index in [4.69, 9.17) is 18.9 Å². The number of benzene rings is 2. The maximum absolute atomic E-state index is 12.6. The van der Waals surface area contributed by atoms with Crippen molar-refractivity contribution in [2.75, 3.05) is 40.5 Å². The van der Waals surface area contributed by atoms with E-state index >= 15 is 0 Å². The highest BCUT2D eigenvalue weighted by atomic mass is 16.6. The van der Waals surface area contributed by atoms with Crippen LogP contribution >= 0.6 is 0 Å². The highest BCUT2D eigenvalue weighted by Gasteiger charge is 2.23. The van der Waals surface area contributed by atoms with Crippen LogP contribution in [0.25, 0.3) is 0 Å². The van der Waals surface area contributed by atoms with E-state index < -0.39 is 24.0 Å².